The van der Waals surface area contributed by atoms with E-state index in [1.807, 2.05) is 30.0 Å². The number of amides is 1. The van der Waals surface area contributed by atoms with E-state index in [1.54, 1.807) is 0 Å². The van der Waals surface area contributed by atoms with Gasteiger partial charge in [0.25, 0.3) is 0 Å². The molecule has 0 heterocycles. The van der Waals surface area contributed by atoms with Gasteiger partial charge in [-0.2, -0.15) is 0 Å². The van der Waals surface area contributed by atoms with Gasteiger partial charge in [-0.15, -0.1) is 0 Å². The fraction of sp³-hybridized carbons (Fsp3) is 0.438. The van der Waals surface area contributed by atoms with Crippen LogP contribution in [0.25, 0.3) is 6.08 Å². The van der Waals surface area contributed by atoms with Crippen molar-refractivity contribution >= 4 is 12.0 Å². The van der Waals surface area contributed by atoms with E-state index in [2.05, 4.69) is 24.3 Å². The van der Waals surface area contributed by atoms with Gasteiger partial charge in [-0.1, -0.05) is 42.5 Å². The fourth-order valence-corrected chi connectivity index (χ4v) is 1.98. The van der Waals surface area contributed by atoms with Gasteiger partial charge in [0, 0.05) is 19.2 Å². The maximum atomic E-state index is 12.0. The molecule has 1 saturated carbocycles. The third-order valence-corrected chi connectivity index (χ3v) is 3.15. The minimum Gasteiger partial charge on any atom is -0.372 e. The molecular formula is C16H21NO2. The van der Waals surface area contributed by atoms with Crippen molar-refractivity contribution in [3.8, 4) is 0 Å². The minimum atomic E-state index is 0.0991. The molecule has 0 aromatic heterocycles. The average molecular weight is 259 g/mol. The molecule has 0 unspecified atom stereocenters. The molecule has 0 spiro atoms. The summed E-state index contributed by atoms with van der Waals surface area (Å²) in [4.78, 5) is 13.9. The van der Waals surface area contributed by atoms with Gasteiger partial charge in [0.2, 0.25) is 5.91 Å². The topological polar surface area (TPSA) is 29.5 Å². The summed E-state index contributed by atoms with van der Waals surface area (Å²) in [5, 5.41) is 0. The van der Waals surface area contributed by atoms with Crippen molar-refractivity contribution in [3.05, 3.63) is 42.0 Å². The first-order valence-corrected chi connectivity index (χ1v) is 6.90. The van der Waals surface area contributed by atoms with E-state index in [0.717, 1.165) is 18.4 Å². The van der Waals surface area contributed by atoms with E-state index >= 15 is 0 Å². The number of rotatable bonds is 7. The first kappa shape index (κ1) is 13.8. The van der Waals surface area contributed by atoms with Gasteiger partial charge < -0.3 is 9.64 Å². The molecule has 1 aliphatic rings. The molecule has 19 heavy (non-hydrogen) atoms. The Morgan fingerprint density at radius 2 is 2.11 bits per heavy atom. The Morgan fingerprint density at radius 3 is 2.74 bits per heavy atom. The highest BCUT2D eigenvalue weighted by Crippen LogP contribution is 2.26. The van der Waals surface area contributed by atoms with Crippen LogP contribution in [0.1, 0.15) is 25.3 Å². The van der Waals surface area contributed by atoms with Crippen LogP contribution in [0.5, 0.6) is 0 Å². The third-order valence-electron chi connectivity index (χ3n) is 3.15. The second kappa shape index (κ2) is 7.10. The molecule has 0 saturated heterocycles. The first-order valence-electron chi connectivity index (χ1n) is 6.90. The molecule has 2 rings (SSSR count). The minimum absolute atomic E-state index is 0.0991. The van der Waals surface area contributed by atoms with Crippen molar-refractivity contribution < 1.29 is 9.53 Å². The van der Waals surface area contributed by atoms with Gasteiger partial charge in [0.15, 0.2) is 0 Å². The van der Waals surface area contributed by atoms with Crippen LogP contribution < -0.4 is 0 Å². The first-order chi connectivity index (χ1) is 9.31. The second-order valence-corrected chi connectivity index (χ2v) is 4.73. The van der Waals surface area contributed by atoms with Crippen LogP contribution in [0.2, 0.25) is 0 Å². The summed E-state index contributed by atoms with van der Waals surface area (Å²) in [6, 6.07) is 10.6. The van der Waals surface area contributed by atoms with E-state index < -0.39 is 0 Å². The van der Waals surface area contributed by atoms with Gasteiger partial charge in [-0.3, -0.25) is 4.79 Å². The molecule has 102 valence electrons. The molecule has 3 heteroatoms. The molecule has 1 aliphatic carbocycles. The van der Waals surface area contributed by atoms with E-state index in [4.69, 9.17) is 4.74 Å². The Labute approximate surface area is 114 Å². The molecule has 0 N–H and O–H groups in total. The fourth-order valence-electron chi connectivity index (χ4n) is 1.98. The van der Waals surface area contributed by atoms with Crippen LogP contribution in [0.3, 0.4) is 0 Å². The molecule has 0 atom stereocenters. The predicted octanol–water partition coefficient (Wildman–Crippen LogP) is 2.73. The summed E-state index contributed by atoms with van der Waals surface area (Å²) in [6.07, 6.45) is 6.36. The predicted molar refractivity (Wildman–Crippen MR) is 76.7 cm³/mol. The zero-order chi connectivity index (χ0) is 13.5. The number of hydrogen-bond donors (Lipinski definition) is 0. The van der Waals surface area contributed by atoms with Crippen LogP contribution in [0, 0.1) is 0 Å². The van der Waals surface area contributed by atoms with Gasteiger partial charge >= 0.3 is 0 Å². The number of benzene rings is 1. The highest BCUT2D eigenvalue weighted by molar-refractivity contribution is 5.78. The molecule has 0 radical (unpaired) electrons. The molecule has 0 aliphatic heterocycles. The average Bonchev–Trinajstić information content (AvgIpc) is 3.26. The molecule has 3 nitrogen and oxygen atoms in total. The summed E-state index contributed by atoms with van der Waals surface area (Å²) >= 11 is 0. The summed E-state index contributed by atoms with van der Waals surface area (Å²) in [7, 11) is 0. The smallest absolute Gasteiger partial charge is 0.249 e. The summed E-state index contributed by atoms with van der Waals surface area (Å²) in [5.41, 5.74) is 1.16. The number of carbonyl (C=O) groups excluding carboxylic acids is 1. The van der Waals surface area contributed by atoms with Gasteiger partial charge in [-0.25, -0.2) is 0 Å². The Hall–Kier alpha value is -1.61. The lowest BCUT2D eigenvalue weighted by molar-refractivity contribution is -0.136. The van der Waals surface area contributed by atoms with E-state index in [0.29, 0.717) is 19.2 Å². The third kappa shape index (κ3) is 4.52. The standard InChI is InChI=1S/C16H21NO2/c1-2-19-13-16(18)17(15-10-11-15)12-6-9-14-7-4-3-5-8-14/h3-9,15H,2,10-13H2,1H3/b9-6+. The number of nitrogens with zero attached hydrogens (tertiary/aromatic N) is 1. The quantitative estimate of drug-likeness (QED) is 0.753. The summed E-state index contributed by atoms with van der Waals surface area (Å²) in [6.45, 7) is 3.37. The highest BCUT2D eigenvalue weighted by Gasteiger charge is 2.31. The van der Waals surface area contributed by atoms with Crippen molar-refractivity contribution in [2.75, 3.05) is 19.8 Å². The Bertz CT molecular complexity index is 424. The molecule has 1 fully saturated rings. The monoisotopic (exact) mass is 259 g/mol. The van der Waals surface area contributed by atoms with Gasteiger partial charge in [0.1, 0.15) is 6.61 Å². The largest absolute Gasteiger partial charge is 0.372 e. The van der Waals surface area contributed by atoms with E-state index in [9.17, 15) is 4.79 Å². The Morgan fingerprint density at radius 1 is 1.37 bits per heavy atom. The lowest BCUT2D eigenvalue weighted by Gasteiger charge is -2.20. The van der Waals surface area contributed by atoms with Crippen molar-refractivity contribution in [2.24, 2.45) is 0 Å². The maximum Gasteiger partial charge on any atom is 0.249 e. The Kier molecular flexibility index (Phi) is 5.16. The van der Waals surface area contributed by atoms with Crippen LogP contribution in [-0.2, 0) is 9.53 Å². The van der Waals surface area contributed by atoms with E-state index in [-0.39, 0.29) is 12.5 Å². The van der Waals surface area contributed by atoms with Crippen molar-refractivity contribution in [1.82, 2.24) is 4.90 Å². The summed E-state index contributed by atoms with van der Waals surface area (Å²) < 4.78 is 5.20. The van der Waals surface area contributed by atoms with Crippen molar-refractivity contribution in [1.29, 1.82) is 0 Å². The molecule has 1 aromatic rings. The zero-order valence-electron chi connectivity index (χ0n) is 11.4. The molecule has 0 bridgehead atoms. The van der Waals surface area contributed by atoms with Crippen LogP contribution in [0.15, 0.2) is 36.4 Å². The second-order valence-electron chi connectivity index (χ2n) is 4.73. The number of hydrogen-bond acceptors (Lipinski definition) is 2. The zero-order valence-corrected chi connectivity index (χ0v) is 11.4. The van der Waals surface area contributed by atoms with Crippen molar-refractivity contribution in [3.63, 3.8) is 0 Å². The number of ether oxygens (including phenoxy) is 1. The molecule has 1 amide bonds. The molecular weight excluding hydrogens is 238 g/mol. The van der Waals surface area contributed by atoms with Crippen LogP contribution in [0.4, 0.5) is 0 Å². The summed E-state index contributed by atoms with van der Waals surface area (Å²) in [5.74, 6) is 0.0991. The van der Waals surface area contributed by atoms with Crippen LogP contribution >= 0.6 is 0 Å². The lowest BCUT2D eigenvalue weighted by atomic mass is 10.2. The highest BCUT2D eigenvalue weighted by atomic mass is 16.5. The SMILES string of the molecule is CCOCC(=O)N(C/C=C/c1ccccc1)C1CC1. The van der Waals surface area contributed by atoms with Crippen LogP contribution in [-0.4, -0.2) is 36.6 Å². The maximum absolute atomic E-state index is 12.0. The Balaban J connectivity index is 1.87. The van der Waals surface area contributed by atoms with Gasteiger partial charge in [0.05, 0.1) is 0 Å². The molecule has 1 aromatic carbocycles. The van der Waals surface area contributed by atoms with Crippen molar-refractivity contribution in [2.45, 2.75) is 25.8 Å². The number of carbonyl (C=O) groups is 1. The van der Waals surface area contributed by atoms with Gasteiger partial charge in [-0.05, 0) is 25.3 Å². The lowest BCUT2D eigenvalue weighted by Crippen LogP contribution is -2.36. The van der Waals surface area contributed by atoms with E-state index in [1.165, 1.54) is 0 Å². The normalized spacial score (nSPS) is 14.8.